The molecule has 3 heterocycles. The van der Waals surface area contributed by atoms with Crippen molar-refractivity contribution in [3.63, 3.8) is 0 Å². The second-order valence-corrected chi connectivity index (χ2v) is 8.04. The number of aromatic nitrogens is 2. The zero-order valence-electron chi connectivity index (χ0n) is 16.7. The maximum Gasteiger partial charge on any atom is 0.319 e. The number of nitrogens with one attached hydrogen (secondary N) is 2. The Kier molecular flexibility index (Phi) is 5.74. The fourth-order valence-electron chi connectivity index (χ4n) is 3.67. The Hall–Kier alpha value is -2.91. The van der Waals surface area contributed by atoms with Gasteiger partial charge in [-0.05, 0) is 37.6 Å². The van der Waals surface area contributed by atoms with Crippen LogP contribution in [0.1, 0.15) is 18.4 Å². The van der Waals surface area contributed by atoms with Crippen LogP contribution in [0.5, 0.6) is 6.01 Å². The van der Waals surface area contributed by atoms with Crippen LogP contribution in [0.15, 0.2) is 35.5 Å². The third-order valence-corrected chi connectivity index (χ3v) is 5.56. The third kappa shape index (κ3) is 4.47. The summed E-state index contributed by atoms with van der Waals surface area (Å²) in [5, 5.41) is 7.79. The first kappa shape index (κ1) is 20.4. The average molecular weight is 430 g/mol. The van der Waals surface area contributed by atoms with Crippen LogP contribution in [-0.4, -0.2) is 58.9 Å². The van der Waals surface area contributed by atoms with Gasteiger partial charge in [0.15, 0.2) is 12.4 Å². The van der Waals surface area contributed by atoms with Gasteiger partial charge in [0.25, 0.3) is 5.91 Å². The number of rotatable bonds is 5. The van der Waals surface area contributed by atoms with Crippen LogP contribution in [0.2, 0.25) is 5.02 Å². The zero-order chi connectivity index (χ0) is 21.1. The first-order valence-electron chi connectivity index (χ1n) is 9.76. The lowest BCUT2D eigenvalue weighted by atomic mass is 9.84. The number of anilines is 1. The van der Waals surface area contributed by atoms with E-state index in [0.717, 1.165) is 43.0 Å². The molecule has 4 rings (SSSR count). The molecule has 1 saturated heterocycles. The SMILES string of the molecule is CN1CCC2(CC1)Nc1cnc(OCC(N)=O)nc1N=C2NCc1cccc(Cl)c1. The fraction of sp³-hybridized carbons (Fsp3) is 0.400. The molecule has 1 aromatic carbocycles. The molecule has 2 aromatic rings. The number of fused-ring (bicyclic) bond motifs is 1. The molecule has 10 heteroatoms. The van der Waals surface area contributed by atoms with Gasteiger partial charge in [-0.15, -0.1) is 0 Å². The predicted octanol–water partition coefficient (Wildman–Crippen LogP) is 1.70. The number of amidine groups is 1. The number of ether oxygens (including phenoxy) is 1. The van der Waals surface area contributed by atoms with Gasteiger partial charge < -0.3 is 26.0 Å². The summed E-state index contributed by atoms with van der Waals surface area (Å²) in [5.41, 5.74) is 6.60. The quantitative estimate of drug-likeness (QED) is 0.662. The molecule has 1 amide bonds. The second kappa shape index (κ2) is 8.45. The van der Waals surface area contributed by atoms with E-state index in [-0.39, 0.29) is 18.2 Å². The molecule has 4 N–H and O–H groups in total. The molecule has 0 atom stereocenters. The summed E-state index contributed by atoms with van der Waals surface area (Å²) in [7, 11) is 2.12. The Bertz CT molecular complexity index is 973. The van der Waals surface area contributed by atoms with Gasteiger partial charge in [0.2, 0.25) is 0 Å². The van der Waals surface area contributed by atoms with Crippen LogP contribution in [0, 0.1) is 0 Å². The second-order valence-electron chi connectivity index (χ2n) is 7.60. The topological polar surface area (TPSA) is 118 Å². The van der Waals surface area contributed by atoms with Gasteiger partial charge in [0.05, 0.1) is 17.4 Å². The molecule has 1 spiro atoms. The van der Waals surface area contributed by atoms with Crippen molar-refractivity contribution in [1.82, 2.24) is 20.2 Å². The summed E-state index contributed by atoms with van der Waals surface area (Å²) in [6.45, 7) is 2.19. The Morgan fingerprint density at radius 3 is 2.93 bits per heavy atom. The van der Waals surface area contributed by atoms with Crippen LogP contribution in [-0.2, 0) is 11.3 Å². The highest BCUT2D eigenvalue weighted by molar-refractivity contribution is 6.30. The molecule has 1 aromatic heterocycles. The lowest BCUT2D eigenvalue weighted by Crippen LogP contribution is -2.58. The molecule has 2 aliphatic rings. The van der Waals surface area contributed by atoms with E-state index in [4.69, 9.17) is 27.1 Å². The van der Waals surface area contributed by atoms with Crippen molar-refractivity contribution in [2.24, 2.45) is 10.7 Å². The van der Waals surface area contributed by atoms with E-state index in [9.17, 15) is 4.79 Å². The summed E-state index contributed by atoms with van der Waals surface area (Å²) in [6, 6.07) is 7.79. The maximum atomic E-state index is 11.0. The predicted molar refractivity (Wildman–Crippen MR) is 115 cm³/mol. The first-order valence-corrected chi connectivity index (χ1v) is 10.1. The van der Waals surface area contributed by atoms with E-state index in [1.54, 1.807) is 6.20 Å². The van der Waals surface area contributed by atoms with E-state index in [1.165, 1.54) is 0 Å². The van der Waals surface area contributed by atoms with Crippen molar-refractivity contribution in [3.05, 3.63) is 41.0 Å². The number of aliphatic imine (C=N–C) groups is 1. The molecule has 0 radical (unpaired) electrons. The standard InChI is InChI=1S/C20H24ClN7O2/c1-28-7-5-20(6-8-28)18(23-10-13-3-2-4-14(21)9-13)25-17-15(27-20)11-24-19(26-17)30-12-16(22)29/h2-4,9,11,27H,5-8,10,12H2,1H3,(H2,22,29)(H,23,24,25,26). The van der Waals surface area contributed by atoms with Crippen molar-refractivity contribution in [1.29, 1.82) is 0 Å². The smallest absolute Gasteiger partial charge is 0.319 e. The number of halogens is 1. The van der Waals surface area contributed by atoms with Crippen LogP contribution in [0.4, 0.5) is 11.5 Å². The van der Waals surface area contributed by atoms with Crippen molar-refractivity contribution in [2.75, 3.05) is 32.1 Å². The molecule has 0 unspecified atom stereocenters. The highest BCUT2D eigenvalue weighted by Crippen LogP contribution is 2.37. The number of benzene rings is 1. The molecule has 0 bridgehead atoms. The third-order valence-electron chi connectivity index (χ3n) is 5.32. The number of likely N-dealkylation sites (tertiary alicyclic amines) is 1. The molecule has 0 saturated carbocycles. The monoisotopic (exact) mass is 429 g/mol. The van der Waals surface area contributed by atoms with Gasteiger partial charge in [0, 0.05) is 24.7 Å². The summed E-state index contributed by atoms with van der Waals surface area (Å²) >= 11 is 6.12. The molecule has 2 aliphatic heterocycles. The van der Waals surface area contributed by atoms with Gasteiger partial charge in [-0.3, -0.25) is 4.79 Å². The summed E-state index contributed by atoms with van der Waals surface area (Å²) < 4.78 is 5.23. The maximum absolute atomic E-state index is 11.0. The number of carbonyl (C=O) groups excluding carboxylic acids is 1. The molecule has 158 valence electrons. The summed E-state index contributed by atoms with van der Waals surface area (Å²) in [5.74, 6) is 0.692. The lowest BCUT2D eigenvalue weighted by molar-refractivity contribution is -0.120. The van der Waals surface area contributed by atoms with Crippen molar-refractivity contribution in [2.45, 2.75) is 24.9 Å². The highest BCUT2D eigenvalue weighted by Gasteiger charge is 2.42. The van der Waals surface area contributed by atoms with Crippen LogP contribution in [0.3, 0.4) is 0 Å². The van der Waals surface area contributed by atoms with E-state index in [1.807, 2.05) is 24.3 Å². The highest BCUT2D eigenvalue weighted by atomic mass is 35.5. The van der Waals surface area contributed by atoms with E-state index >= 15 is 0 Å². The molecule has 0 aliphatic carbocycles. The van der Waals surface area contributed by atoms with Crippen molar-refractivity contribution < 1.29 is 9.53 Å². The largest absolute Gasteiger partial charge is 0.453 e. The first-order chi connectivity index (χ1) is 14.4. The van der Waals surface area contributed by atoms with E-state index in [2.05, 4.69) is 32.5 Å². The van der Waals surface area contributed by atoms with Crippen LogP contribution >= 0.6 is 11.6 Å². The van der Waals surface area contributed by atoms with Crippen molar-refractivity contribution in [3.8, 4) is 6.01 Å². The Balaban J connectivity index is 1.61. The van der Waals surface area contributed by atoms with E-state index < -0.39 is 5.91 Å². The number of hydrogen-bond donors (Lipinski definition) is 3. The number of carbonyl (C=O) groups is 1. The molecular weight excluding hydrogens is 406 g/mol. The van der Waals surface area contributed by atoms with Gasteiger partial charge in [-0.2, -0.15) is 4.98 Å². The molecule has 9 nitrogen and oxygen atoms in total. The summed E-state index contributed by atoms with van der Waals surface area (Å²) in [6.07, 6.45) is 3.42. The van der Waals surface area contributed by atoms with Gasteiger partial charge in [-0.1, -0.05) is 23.7 Å². The van der Waals surface area contributed by atoms with Crippen molar-refractivity contribution >= 4 is 34.8 Å². The lowest BCUT2D eigenvalue weighted by Gasteiger charge is -2.44. The minimum atomic E-state index is -0.591. The molecule has 1 fully saturated rings. The Labute approximate surface area is 179 Å². The normalized spacial score (nSPS) is 17.6. The van der Waals surface area contributed by atoms with Crippen LogP contribution in [0.25, 0.3) is 0 Å². The average Bonchev–Trinajstić information content (AvgIpc) is 2.73. The van der Waals surface area contributed by atoms with Gasteiger partial charge in [-0.25, -0.2) is 9.98 Å². The minimum absolute atomic E-state index is 0.0617. The Morgan fingerprint density at radius 1 is 1.40 bits per heavy atom. The fourth-order valence-corrected chi connectivity index (χ4v) is 3.88. The summed E-state index contributed by atoms with van der Waals surface area (Å²) in [4.78, 5) is 26.6. The molecular formula is C20H24ClN7O2. The minimum Gasteiger partial charge on any atom is -0.453 e. The number of nitrogens with two attached hydrogens (primary N) is 1. The number of piperidine rings is 1. The zero-order valence-corrected chi connectivity index (χ0v) is 17.4. The Morgan fingerprint density at radius 2 is 2.20 bits per heavy atom. The number of nitrogens with zero attached hydrogens (tertiary/aromatic N) is 4. The van der Waals surface area contributed by atoms with Crippen LogP contribution < -0.4 is 21.1 Å². The number of primary amides is 1. The van der Waals surface area contributed by atoms with Gasteiger partial charge in [0.1, 0.15) is 5.84 Å². The number of hydrogen-bond acceptors (Lipinski definition) is 8. The molecule has 30 heavy (non-hydrogen) atoms. The number of amides is 1. The van der Waals surface area contributed by atoms with Gasteiger partial charge >= 0.3 is 6.01 Å². The van der Waals surface area contributed by atoms with E-state index in [0.29, 0.717) is 17.4 Å².